The van der Waals surface area contributed by atoms with Gasteiger partial charge in [0.25, 0.3) is 0 Å². The van der Waals surface area contributed by atoms with E-state index in [0.717, 1.165) is 0 Å². The summed E-state index contributed by atoms with van der Waals surface area (Å²) in [5.41, 5.74) is 0.385. The van der Waals surface area contributed by atoms with Gasteiger partial charge in [-0.25, -0.2) is 4.39 Å². The van der Waals surface area contributed by atoms with Crippen molar-refractivity contribution >= 4 is 34.8 Å². The lowest BCUT2D eigenvalue weighted by atomic mass is 10.1. The van der Waals surface area contributed by atoms with E-state index in [1.807, 2.05) is 0 Å². The first-order valence-corrected chi connectivity index (χ1v) is 4.59. The van der Waals surface area contributed by atoms with Crippen LogP contribution in [0.1, 0.15) is 11.7 Å². The van der Waals surface area contributed by atoms with Crippen molar-refractivity contribution in [3.63, 3.8) is 0 Å². The molecule has 0 fully saturated rings. The molecule has 1 aromatic carbocycles. The molecule has 4 heteroatoms. The minimum Gasteiger partial charge on any atom is -0.241 e. The maximum absolute atomic E-state index is 13.0. The summed E-state index contributed by atoms with van der Waals surface area (Å²) < 4.78 is 13.0. The van der Waals surface area contributed by atoms with Crippen molar-refractivity contribution in [2.75, 3.05) is 5.88 Å². The first-order chi connectivity index (χ1) is 5.65. The number of alkyl halides is 2. The van der Waals surface area contributed by atoms with E-state index in [4.69, 9.17) is 34.8 Å². The van der Waals surface area contributed by atoms with E-state index in [2.05, 4.69) is 0 Å². The topological polar surface area (TPSA) is 0 Å². The monoisotopic (exact) mass is 226 g/mol. The molecule has 0 aliphatic carbocycles. The molecule has 0 heterocycles. The Labute approximate surface area is 85.2 Å². The Balaban J connectivity index is 3.01. The fraction of sp³-hybridized carbons (Fsp3) is 0.250. The molecule has 0 bridgehead atoms. The van der Waals surface area contributed by atoms with Gasteiger partial charge < -0.3 is 0 Å². The molecule has 12 heavy (non-hydrogen) atoms. The summed E-state index contributed by atoms with van der Waals surface area (Å²) in [5, 5.41) is 0.807. The molecule has 1 atom stereocenters. The van der Waals surface area contributed by atoms with Crippen LogP contribution in [-0.2, 0) is 0 Å². The second-order valence-electron chi connectivity index (χ2n) is 2.29. The maximum atomic E-state index is 13.0. The van der Waals surface area contributed by atoms with Gasteiger partial charge in [-0.3, -0.25) is 0 Å². The molecule has 0 saturated heterocycles. The summed E-state index contributed by atoms with van der Waals surface area (Å²) in [6.07, 6.45) is -1.23. The van der Waals surface area contributed by atoms with E-state index in [9.17, 15) is 4.39 Å². The van der Waals surface area contributed by atoms with Crippen molar-refractivity contribution in [1.82, 2.24) is 0 Å². The van der Waals surface area contributed by atoms with Crippen molar-refractivity contribution < 1.29 is 4.39 Å². The van der Waals surface area contributed by atoms with Crippen LogP contribution in [-0.4, -0.2) is 5.88 Å². The molecule has 0 radical (unpaired) electrons. The van der Waals surface area contributed by atoms with Crippen molar-refractivity contribution in [2.45, 2.75) is 6.17 Å². The van der Waals surface area contributed by atoms with Crippen molar-refractivity contribution in [2.24, 2.45) is 0 Å². The van der Waals surface area contributed by atoms with Gasteiger partial charge in [-0.15, -0.1) is 11.6 Å². The highest BCUT2D eigenvalue weighted by atomic mass is 35.5. The van der Waals surface area contributed by atoms with Crippen LogP contribution < -0.4 is 0 Å². The Bertz CT molecular complexity index is 275. The first kappa shape index (κ1) is 10.1. The number of benzene rings is 1. The quantitative estimate of drug-likeness (QED) is 0.663. The van der Waals surface area contributed by atoms with Crippen LogP contribution in [0.3, 0.4) is 0 Å². The molecule has 0 saturated carbocycles. The molecule has 1 rings (SSSR count). The average molecular weight is 227 g/mol. The normalized spacial score (nSPS) is 13.0. The lowest BCUT2D eigenvalue weighted by Gasteiger charge is -2.06. The fourth-order valence-electron chi connectivity index (χ4n) is 0.839. The highest BCUT2D eigenvalue weighted by Crippen LogP contribution is 2.28. The highest BCUT2D eigenvalue weighted by molar-refractivity contribution is 6.35. The van der Waals surface area contributed by atoms with Crippen molar-refractivity contribution in [3.05, 3.63) is 33.8 Å². The second-order valence-corrected chi connectivity index (χ2v) is 3.44. The van der Waals surface area contributed by atoms with Gasteiger partial charge in [-0.1, -0.05) is 29.3 Å². The predicted octanol–water partition coefficient (Wildman–Crippen LogP) is 4.24. The Hall–Kier alpha value is 0.0200. The summed E-state index contributed by atoms with van der Waals surface area (Å²) in [4.78, 5) is 0. The smallest absolute Gasteiger partial charge is 0.140 e. The standard InChI is InChI=1S/C8H6Cl3F/c9-4-8(12)6-2-1-5(10)3-7(6)11/h1-3,8H,4H2. The van der Waals surface area contributed by atoms with Gasteiger partial charge in [0.15, 0.2) is 0 Å². The Morgan fingerprint density at radius 2 is 2.00 bits per heavy atom. The molecule has 1 unspecified atom stereocenters. The summed E-state index contributed by atoms with van der Waals surface area (Å²) in [6.45, 7) is 0. The van der Waals surface area contributed by atoms with Gasteiger partial charge in [-0.05, 0) is 12.1 Å². The van der Waals surface area contributed by atoms with Gasteiger partial charge >= 0.3 is 0 Å². The van der Waals surface area contributed by atoms with Crippen LogP contribution in [0.5, 0.6) is 0 Å². The Morgan fingerprint density at radius 1 is 1.33 bits per heavy atom. The summed E-state index contributed by atoms with van der Waals surface area (Å²) in [6, 6.07) is 4.62. The van der Waals surface area contributed by atoms with Crippen LogP contribution in [0.15, 0.2) is 18.2 Å². The molecule has 1 aromatic rings. The molecular weight excluding hydrogens is 221 g/mol. The minimum atomic E-state index is -1.23. The van der Waals surface area contributed by atoms with Gasteiger partial charge in [0, 0.05) is 15.6 Å². The summed E-state index contributed by atoms with van der Waals surface area (Å²) >= 11 is 16.7. The average Bonchev–Trinajstić information content (AvgIpc) is 2.03. The first-order valence-electron chi connectivity index (χ1n) is 3.30. The fourth-order valence-corrected chi connectivity index (χ4v) is 1.53. The third-order valence-electron chi connectivity index (χ3n) is 1.44. The molecule has 66 valence electrons. The van der Waals surface area contributed by atoms with Crippen LogP contribution in [0, 0.1) is 0 Å². The largest absolute Gasteiger partial charge is 0.241 e. The molecule has 0 aliphatic rings. The van der Waals surface area contributed by atoms with Gasteiger partial charge in [0.2, 0.25) is 0 Å². The molecule has 0 N–H and O–H groups in total. The number of rotatable bonds is 2. The molecule has 0 aromatic heterocycles. The summed E-state index contributed by atoms with van der Waals surface area (Å²) in [5.74, 6) is -0.0959. The van der Waals surface area contributed by atoms with E-state index in [1.54, 1.807) is 6.07 Å². The SMILES string of the molecule is FC(CCl)c1ccc(Cl)cc1Cl. The molecule has 0 aliphatic heterocycles. The third kappa shape index (κ3) is 2.25. The predicted molar refractivity (Wildman–Crippen MR) is 51.0 cm³/mol. The molecule has 0 amide bonds. The van der Waals surface area contributed by atoms with Gasteiger partial charge in [-0.2, -0.15) is 0 Å². The molecule has 0 spiro atoms. The summed E-state index contributed by atoms with van der Waals surface area (Å²) in [7, 11) is 0. The molecular formula is C8H6Cl3F. The van der Waals surface area contributed by atoms with Crippen molar-refractivity contribution in [3.8, 4) is 0 Å². The Morgan fingerprint density at radius 3 is 2.50 bits per heavy atom. The zero-order valence-corrected chi connectivity index (χ0v) is 8.30. The molecule has 0 nitrogen and oxygen atoms in total. The number of hydrogen-bond acceptors (Lipinski definition) is 0. The zero-order valence-electron chi connectivity index (χ0n) is 6.03. The van der Waals surface area contributed by atoms with Crippen LogP contribution in [0.2, 0.25) is 10.0 Å². The van der Waals surface area contributed by atoms with E-state index >= 15 is 0 Å². The number of hydrogen-bond donors (Lipinski definition) is 0. The van der Waals surface area contributed by atoms with Crippen molar-refractivity contribution in [1.29, 1.82) is 0 Å². The number of halogens is 4. The van der Waals surface area contributed by atoms with E-state index in [0.29, 0.717) is 15.6 Å². The van der Waals surface area contributed by atoms with E-state index in [1.165, 1.54) is 12.1 Å². The second kappa shape index (κ2) is 4.31. The van der Waals surface area contributed by atoms with Crippen LogP contribution >= 0.6 is 34.8 Å². The highest BCUT2D eigenvalue weighted by Gasteiger charge is 2.11. The van der Waals surface area contributed by atoms with E-state index in [-0.39, 0.29) is 5.88 Å². The van der Waals surface area contributed by atoms with Gasteiger partial charge in [0.1, 0.15) is 6.17 Å². The zero-order chi connectivity index (χ0) is 9.14. The Kier molecular flexibility index (Phi) is 3.63. The van der Waals surface area contributed by atoms with Crippen LogP contribution in [0.4, 0.5) is 4.39 Å². The lowest BCUT2D eigenvalue weighted by molar-refractivity contribution is 0.379. The lowest BCUT2D eigenvalue weighted by Crippen LogP contribution is -1.93. The van der Waals surface area contributed by atoms with E-state index < -0.39 is 6.17 Å². The van der Waals surface area contributed by atoms with Crippen LogP contribution in [0.25, 0.3) is 0 Å². The van der Waals surface area contributed by atoms with Gasteiger partial charge in [0.05, 0.1) is 5.88 Å². The minimum absolute atomic E-state index is 0.0959. The maximum Gasteiger partial charge on any atom is 0.140 e. The third-order valence-corrected chi connectivity index (χ3v) is 2.27.